The lowest BCUT2D eigenvalue weighted by molar-refractivity contribution is -1.00. The number of carbonyl (C=O) groups is 1. The van der Waals surface area contributed by atoms with E-state index in [4.69, 9.17) is 4.74 Å². The first kappa shape index (κ1) is 14.0. The molecule has 2 N–H and O–H groups in total. The molecule has 1 saturated heterocycles. The zero-order chi connectivity index (χ0) is 13.7. The van der Waals surface area contributed by atoms with Gasteiger partial charge in [-0.3, -0.25) is 4.79 Å². The highest BCUT2D eigenvalue weighted by Gasteiger charge is 2.19. The van der Waals surface area contributed by atoms with Crippen molar-refractivity contribution in [2.75, 3.05) is 46.4 Å². The standard InChI is InChI=1S/C15H22N2O2/c1-13(18)14-4-3-5-15(12-14)19-11-10-17-8-6-16(2)7-9-17/h3-5,12H,6-11H2,1-2H3/p+2. The third-order valence-electron chi connectivity index (χ3n) is 3.78. The summed E-state index contributed by atoms with van der Waals surface area (Å²) >= 11 is 0. The molecule has 0 spiro atoms. The molecule has 0 atom stereocenters. The summed E-state index contributed by atoms with van der Waals surface area (Å²) in [7, 11) is 2.25. The van der Waals surface area contributed by atoms with Gasteiger partial charge in [0.2, 0.25) is 0 Å². The van der Waals surface area contributed by atoms with Gasteiger partial charge in [0.05, 0.1) is 7.05 Å². The Kier molecular flexibility index (Phi) is 4.93. The minimum absolute atomic E-state index is 0.0816. The summed E-state index contributed by atoms with van der Waals surface area (Å²) in [6, 6.07) is 7.43. The van der Waals surface area contributed by atoms with Gasteiger partial charge in [-0.1, -0.05) is 12.1 Å². The van der Waals surface area contributed by atoms with E-state index < -0.39 is 0 Å². The molecule has 1 fully saturated rings. The summed E-state index contributed by atoms with van der Waals surface area (Å²) in [5.74, 6) is 0.880. The summed E-state index contributed by atoms with van der Waals surface area (Å²) in [5, 5.41) is 0. The Hall–Kier alpha value is -1.39. The topological polar surface area (TPSA) is 35.2 Å². The third kappa shape index (κ3) is 4.33. The number of ether oxygens (including phenoxy) is 1. The SMILES string of the molecule is CC(=O)c1cccc(OCC[NH+]2CC[NH+](C)CC2)c1. The van der Waals surface area contributed by atoms with Crippen LogP contribution in [0.15, 0.2) is 24.3 Å². The van der Waals surface area contributed by atoms with Crippen LogP contribution in [0.5, 0.6) is 5.75 Å². The number of nitrogens with one attached hydrogen (secondary N) is 2. The second kappa shape index (κ2) is 6.68. The van der Waals surface area contributed by atoms with E-state index in [0.717, 1.165) is 18.9 Å². The fourth-order valence-electron chi connectivity index (χ4n) is 2.40. The molecule has 4 nitrogen and oxygen atoms in total. The summed E-state index contributed by atoms with van der Waals surface area (Å²) < 4.78 is 5.75. The highest BCUT2D eigenvalue weighted by Crippen LogP contribution is 2.13. The van der Waals surface area contributed by atoms with Crippen molar-refractivity contribution < 1.29 is 19.3 Å². The number of benzene rings is 1. The van der Waals surface area contributed by atoms with Crippen molar-refractivity contribution >= 4 is 5.78 Å². The van der Waals surface area contributed by atoms with Crippen LogP contribution in [0.1, 0.15) is 17.3 Å². The molecule has 1 aromatic rings. The molecule has 1 heterocycles. The molecule has 0 aliphatic carbocycles. The quantitative estimate of drug-likeness (QED) is 0.647. The van der Waals surface area contributed by atoms with E-state index in [-0.39, 0.29) is 5.78 Å². The van der Waals surface area contributed by atoms with Crippen molar-refractivity contribution in [3.05, 3.63) is 29.8 Å². The largest absolute Gasteiger partial charge is 0.488 e. The maximum atomic E-state index is 11.3. The smallest absolute Gasteiger partial charge is 0.159 e. The molecule has 1 aliphatic rings. The van der Waals surface area contributed by atoms with E-state index in [2.05, 4.69) is 7.05 Å². The maximum Gasteiger partial charge on any atom is 0.159 e. The molecule has 19 heavy (non-hydrogen) atoms. The number of ketones is 1. The molecule has 0 unspecified atom stereocenters. The molecular formula is C15H24N2O2+2. The van der Waals surface area contributed by atoms with E-state index in [1.165, 1.54) is 26.2 Å². The van der Waals surface area contributed by atoms with Crippen LogP contribution >= 0.6 is 0 Å². The van der Waals surface area contributed by atoms with Crippen LogP contribution in [0.4, 0.5) is 0 Å². The lowest BCUT2D eigenvalue weighted by Gasteiger charge is -2.27. The van der Waals surface area contributed by atoms with Crippen molar-refractivity contribution in [1.29, 1.82) is 0 Å². The minimum atomic E-state index is 0.0816. The number of hydrogen-bond acceptors (Lipinski definition) is 2. The van der Waals surface area contributed by atoms with Crippen LogP contribution < -0.4 is 14.5 Å². The highest BCUT2D eigenvalue weighted by atomic mass is 16.5. The molecule has 2 rings (SSSR count). The fourth-order valence-corrected chi connectivity index (χ4v) is 2.40. The minimum Gasteiger partial charge on any atom is -0.488 e. The van der Waals surface area contributed by atoms with Crippen molar-refractivity contribution in [3.63, 3.8) is 0 Å². The molecule has 0 aromatic heterocycles. The molecule has 104 valence electrons. The van der Waals surface area contributed by atoms with E-state index in [1.54, 1.807) is 16.7 Å². The van der Waals surface area contributed by atoms with Crippen molar-refractivity contribution in [1.82, 2.24) is 0 Å². The van der Waals surface area contributed by atoms with Crippen molar-refractivity contribution in [2.45, 2.75) is 6.92 Å². The normalized spacial score (nSPS) is 23.1. The summed E-state index contributed by atoms with van der Waals surface area (Å²) in [4.78, 5) is 14.5. The van der Waals surface area contributed by atoms with E-state index in [0.29, 0.717) is 5.56 Å². The third-order valence-corrected chi connectivity index (χ3v) is 3.78. The first-order valence-corrected chi connectivity index (χ1v) is 7.04. The number of quaternary nitrogens is 2. The zero-order valence-electron chi connectivity index (χ0n) is 11.9. The maximum absolute atomic E-state index is 11.3. The molecule has 0 saturated carbocycles. The first-order valence-electron chi connectivity index (χ1n) is 7.04. The van der Waals surface area contributed by atoms with Gasteiger partial charge in [0.25, 0.3) is 0 Å². The summed E-state index contributed by atoms with van der Waals surface area (Å²) in [5.41, 5.74) is 0.716. The molecule has 0 amide bonds. The zero-order valence-corrected chi connectivity index (χ0v) is 11.9. The van der Waals surface area contributed by atoms with Gasteiger partial charge in [-0.2, -0.15) is 0 Å². The van der Waals surface area contributed by atoms with E-state index in [9.17, 15) is 4.79 Å². The molecule has 4 heteroatoms. The van der Waals surface area contributed by atoms with E-state index >= 15 is 0 Å². The second-order valence-electron chi connectivity index (χ2n) is 5.39. The van der Waals surface area contributed by atoms with Crippen molar-refractivity contribution in [2.24, 2.45) is 0 Å². The van der Waals surface area contributed by atoms with Gasteiger partial charge in [-0.05, 0) is 19.1 Å². The lowest BCUT2D eigenvalue weighted by atomic mass is 10.1. The molecule has 0 bridgehead atoms. The Labute approximate surface area is 115 Å². The average molecular weight is 264 g/mol. The summed E-state index contributed by atoms with van der Waals surface area (Å²) in [6.07, 6.45) is 0. The fraction of sp³-hybridized carbons (Fsp3) is 0.533. The van der Waals surface area contributed by atoms with E-state index in [1.807, 2.05) is 24.3 Å². The average Bonchev–Trinajstić information content (AvgIpc) is 2.41. The number of carbonyl (C=O) groups excluding carboxylic acids is 1. The number of rotatable bonds is 5. The van der Waals surface area contributed by atoms with Crippen LogP contribution in [-0.2, 0) is 0 Å². The number of piperazine rings is 1. The Balaban J connectivity index is 1.76. The molecular weight excluding hydrogens is 240 g/mol. The van der Waals surface area contributed by atoms with Gasteiger partial charge < -0.3 is 14.5 Å². The Morgan fingerprint density at radius 1 is 1.26 bits per heavy atom. The summed E-state index contributed by atoms with van der Waals surface area (Å²) in [6.45, 7) is 8.28. The van der Waals surface area contributed by atoms with Gasteiger partial charge in [0.1, 0.15) is 45.1 Å². The second-order valence-corrected chi connectivity index (χ2v) is 5.39. The first-order chi connectivity index (χ1) is 9.15. The lowest BCUT2D eigenvalue weighted by Crippen LogP contribution is -3.27. The number of hydrogen-bond donors (Lipinski definition) is 2. The predicted octanol–water partition coefficient (Wildman–Crippen LogP) is -1.32. The Bertz CT molecular complexity index is 426. The van der Waals surface area contributed by atoms with Crippen molar-refractivity contribution in [3.8, 4) is 5.75 Å². The van der Waals surface area contributed by atoms with Crippen LogP contribution in [0, 0.1) is 0 Å². The Morgan fingerprint density at radius 2 is 2.00 bits per heavy atom. The molecule has 1 aromatic carbocycles. The van der Waals surface area contributed by atoms with Gasteiger partial charge >= 0.3 is 0 Å². The predicted molar refractivity (Wildman–Crippen MR) is 74.1 cm³/mol. The molecule has 1 aliphatic heterocycles. The van der Waals surface area contributed by atoms with Crippen LogP contribution in [0.2, 0.25) is 0 Å². The van der Waals surface area contributed by atoms with Crippen LogP contribution in [-0.4, -0.2) is 52.2 Å². The van der Waals surface area contributed by atoms with Gasteiger partial charge in [0, 0.05) is 5.56 Å². The van der Waals surface area contributed by atoms with Crippen LogP contribution in [0.3, 0.4) is 0 Å². The number of Topliss-reactive ketones (excluding diaryl/α,β-unsaturated/α-hetero) is 1. The number of likely N-dealkylation sites (N-methyl/N-ethyl adjacent to an activating group) is 1. The van der Waals surface area contributed by atoms with Gasteiger partial charge in [-0.25, -0.2) is 0 Å². The van der Waals surface area contributed by atoms with Gasteiger partial charge in [-0.15, -0.1) is 0 Å². The van der Waals surface area contributed by atoms with Gasteiger partial charge in [0.15, 0.2) is 5.78 Å². The highest BCUT2D eigenvalue weighted by molar-refractivity contribution is 5.94. The molecule has 0 radical (unpaired) electrons. The van der Waals surface area contributed by atoms with Crippen LogP contribution in [0.25, 0.3) is 0 Å². The monoisotopic (exact) mass is 264 g/mol. The Morgan fingerprint density at radius 3 is 2.68 bits per heavy atom.